The monoisotopic (exact) mass is 564 g/mol. The fraction of sp³-hybridized carbons (Fsp3) is 0.174. The molecule has 1 unspecified atom stereocenters. The fourth-order valence-electron chi connectivity index (χ4n) is 3.53. The van der Waals surface area contributed by atoms with Gasteiger partial charge in [0.15, 0.2) is 0 Å². The minimum Gasteiger partial charge on any atom is -0.457 e. The van der Waals surface area contributed by atoms with E-state index >= 15 is 0 Å². The average molecular weight is 565 g/mol. The van der Waals surface area contributed by atoms with Gasteiger partial charge in [-0.15, -0.1) is 11.3 Å². The molecule has 14 heteroatoms. The van der Waals surface area contributed by atoms with Gasteiger partial charge in [-0.25, -0.2) is 17.9 Å². The van der Waals surface area contributed by atoms with E-state index in [0.29, 0.717) is 31.8 Å². The zero-order valence-electron chi connectivity index (χ0n) is 19.3. The summed E-state index contributed by atoms with van der Waals surface area (Å²) in [6, 6.07) is 12.2. The van der Waals surface area contributed by atoms with Gasteiger partial charge in [-0.05, 0) is 60.3 Å². The summed E-state index contributed by atoms with van der Waals surface area (Å²) in [5.41, 5.74) is -0.815. The van der Waals surface area contributed by atoms with Crippen molar-refractivity contribution in [3.05, 3.63) is 85.8 Å². The molecule has 1 amide bonds. The predicted octanol–water partition coefficient (Wildman–Crippen LogP) is 2.78. The van der Waals surface area contributed by atoms with Crippen LogP contribution in [-0.4, -0.2) is 47.2 Å². The number of sulfonamides is 1. The van der Waals surface area contributed by atoms with Gasteiger partial charge in [-0.1, -0.05) is 17.7 Å². The number of rotatable bonds is 9. The maximum Gasteiger partial charge on any atom is 0.328 e. The van der Waals surface area contributed by atoms with E-state index in [4.69, 9.17) is 16.3 Å². The van der Waals surface area contributed by atoms with Crippen LogP contribution < -0.4 is 20.7 Å². The maximum atomic E-state index is 12.8. The number of amides is 1. The Hall–Kier alpha value is -3.49. The lowest BCUT2D eigenvalue weighted by Crippen LogP contribution is -2.47. The van der Waals surface area contributed by atoms with Crippen molar-refractivity contribution in [1.29, 1.82) is 0 Å². The first-order valence-electron chi connectivity index (χ1n) is 10.8. The number of fused-ring (bicyclic) bond motifs is 1. The predicted molar refractivity (Wildman–Crippen MR) is 138 cm³/mol. The molecule has 4 aromatic rings. The first-order chi connectivity index (χ1) is 17.5. The van der Waals surface area contributed by atoms with Crippen molar-refractivity contribution in [3.8, 4) is 11.5 Å². The normalized spacial score (nSPS) is 12.5. The van der Waals surface area contributed by atoms with Crippen LogP contribution in [0.2, 0.25) is 5.02 Å². The molecule has 0 fully saturated rings. The minimum atomic E-state index is -4.30. The number of benzene rings is 2. The molecule has 194 valence electrons. The summed E-state index contributed by atoms with van der Waals surface area (Å²) in [4.78, 5) is 40.0. The minimum absolute atomic E-state index is 0.213. The number of halogens is 1. The number of nitrogens with zero attached hydrogens (tertiary/aromatic N) is 2. The third-order valence-corrected chi connectivity index (χ3v) is 7.87. The summed E-state index contributed by atoms with van der Waals surface area (Å²) in [5, 5.41) is 12.6. The van der Waals surface area contributed by atoms with Crippen LogP contribution in [0.5, 0.6) is 11.5 Å². The van der Waals surface area contributed by atoms with Crippen LogP contribution in [0.1, 0.15) is 6.42 Å². The van der Waals surface area contributed by atoms with Crippen molar-refractivity contribution < 1.29 is 23.2 Å². The molecule has 0 aliphatic heterocycles. The summed E-state index contributed by atoms with van der Waals surface area (Å²) in [7, 11) is -3.14. The summed E-state index contributed by atoms with van der Waals surface area (Å²) < 4.78 is 34.4. The SMILES string of the molecule is CN(O)C(CCn1c(=O)[nH]c2ccsc2c1=O)C(=O)NS(=O)(=O)c1ccc(Oc2cccc(Cl)c2)cc1. The molecule has 0 spiro atoms. The second-order valence-electron chi connectivity index (χ2n) is 7.93. The van der Waals surface area contributed by atoms with Crippen LogP contribution in [0.25, 0.3) is 10.2 Å². The Morgan fingerprint density at radius 2 is 1.92 bits per heavy atom. The van der Waals surface area contributed by atoms with E-state index in [1.165, 1.54) is 24.3 Å². The van der Waals surface area contributed by atoms with Crippen LogP contribution in [-0.2, 0) is 21.4 Å². The molecule has 37 heavy (non-hydrogen) atoms. The number of hydroxylamine groups is 2. The Balaban J connectivity index is 1.46. The Morgan fingerprint density at radius 1 is 1.19 bits per heavy atom. The number of likely N-dealkylation sites (N-methyl/N-ethyl adjacent to an activating group) is 1. The molecule has 0 saturated heterocycles. The highest BCUT2D eigenvalue weighted by atomic mass is 35.5. The molecular weight excluding hydrogens is 544 g/mol. The van der Waals surface area contributed by atoms with Gasteiger partial charge in [-0.2, -0.15) is 5.06 Å². The average Bonchev–Trinajstić information content (AvgIpc) is 3.29. The number of hydrogen-bond acceptors (Lipinski definition) is 9. The number of carbonyl (C=O) groups is 1. The maximum absolute atomic E-state index is 12.8. The molecule has 0 saturated carbocycles. The third kappa shape index (κ3) is 6.09. The highest BCUT2D eigenvalue weighted by molar-refractivity contribution is 7.90. The molecule has 2 heterocycles. The van der Waals surface area contributed by atoms with Crippen molar-refractivity contribution in [2.24, 2.45) is 0 Å². The van der Waals surface area contributed by atoms with Gasteiger partial charge >= 0.3 is 5.69 Å². The van der Waals surface area contributed by atoms with Gasteiger partial charge in [0.25, 0.3) is 21.5 Å². The number of H-pyrrole nitrogens is 1. The Bertz CT molecular complexity index is 1660. The highest BCUT2D eigenvalue weighted by Gasteiger charge is 2.28. The van der Waals surface area contributed by atoms with Gasteiger partial charge in [0.2, 0.25) is 0 Å². The van der Waals surface area contributed by atoms with E-state index in [1.54, 1.807) is 35.7 Å². The summed E-state index contributed by atoms with van der Waals surface area (Å²) in [5.74, 6) is -0.230. The number of hydrogen-bond donors (Lipinski definition) is 3. The molecule has 4 rings (SSSR count). The third-order valence-electron chi connectivity index (χ3n) is 5.37. The molecule has 0 radical (unpaired) electrons. The first-order valence-corrected chi connectivity index (χ1v) is 13.5. The molecule has 0 aliphatic carbocycles. The quantitative estimate of drug-likeness (QED) is 0.263. The Morgan fingerprint density at radius 3 is 2.59 bits per heavy atom. The second kappa shape index (κ2) is 10.9. The first kappa shape index (κ1) is 26.6. The van der Waals surface area contributed by atoms with Gasteiger partial charge in [-0.3, -0.25) is 14.2 Å². The van der Waals surface area contributed by atoms with E-state index in [2.05, 4.69) is 4.98 Å². The Labute approximate surface area is 219 Å². The molecule has 2 aromatic carbocycles. The van der Waals surface area contributed by atoms with Crippen LogP contribution in [0.3, 0.4) is 0 Å². The molecular formula is C23H21ClN4O7S2. The Kier molecular flexibility index (Phi) is 7.80. The zero-order valence-corrected chi connectivity index (χ0v) is 21.6. The van der Waals surface area contributed by atoms with Crippen molar-refractivity contribution in [3.63, 3.8) is 0 Å². The van der Waals surface area contributed by atoms with Crippen LogP contribution in [0.15, 0.2) is 74.5 Å². The topological polar surface area (TPSA) is 151 Å². The van der Waals surface area contributed by atoms with Crippen LogP contribution in [0.4, 0.5) is 0 Å². The number of thiophene rings is 1. The van der Waals surface area contributed by atoms with Crippen LogP contribution >= 0.6 is 22.9 Å². The van der Waals surface area contributed by atoms with E-state index in [9.17, 15) is 28.0 Å². The van der Waals surface area contributed by atoms with Gasteiger partial charge in [0.1, 0.15) is 22.2 Å². The van der Waals surface area contributed by atoms with E-state index in [-0.39, 0.29) is 17.9 Å². The van der Waals surface area contributed by atoms with Crippen molar-refractivity contribution in [2.45, 2.75) is 23.9 Å². The molecule has 2 aromatic heterocycles. The number of aromatic amines is 1. The lowest BCUT2D eigenvalue weighted by atomic mass is 10.2. The number of carbonyl (C=O) groups excluding carboxylic acids is 1. The smallest absolute Gasteiger partial charge is 0.328 e. The molecule has 1 atom stereocenters. The summed E-state index contributed by atoms with van der Waals surface area (Å²) in [6.45, 7) is -0.236. The second-order valence-corrected chi connectivity index (χ2v) is 11.0. The van der Waals surface area contributed by atoms with Crippen molar-refractivity contribution in [2.75, 3.05) is 7.05 Å². The highest BCUT2D eigenvalue weighted by Crippen LogP contribution is 2.25. The van der Waals surface area contributed by atoms with Gasteiger partial charge in [0, 0.05) is 18.6 Å². The molecule has 0 bridgehead atoms. The van der Waals surface area contributed by atoms with Gasteiger partial charge in [0.05, 0.1) is 10.4 Å². The summed E-state index contributed by atoms with van der Waals surface area (Å²) in [6.07, 6.45) is -0.222. The van der Waals surface area contributed by atoms with E-state index in [1.807, 2.05) is 4.72 Å². The zero-order chi connectivity index (χ0) is 26.7. The number of aromatic nitrogens is 2. The van der Waals surface area contributed by atoms with Gasteiger partial charge < -0.3 is 14.9 Å². The molecule has 3 N–H and O–H groups in total. The lowest BCUT2D eigenvalue weighted by Gasteiger charge is -2.22. The fourth-order valence-corrected chi connectivity index (χ4v) is 5.52. The lowest BCUT2D eigenvalue weighted by molar-refractivity contribution is -0.146. The standard InChI is InChI=1S/C23H21ClN4O7S2/c1-27(32)19(9-11-28-22(30)20-18(10-12-36-20)25-23(28)31)21(29)26-37(33,34)17-7-5-15(6-8-17)35-16-4-2-3-14(24)13-16/h2-8,10,12-13,19,32H,9,11H2,1H3,(H,25,31)(H,26,29). The molecule has 0 aliphatic rings. The van der Waals surface area contributed by atoms with E-state index in [0.717, 1.165) is 23.0 Å². The van der Waals surface area contributed by atoms with Crippen molar-refractivity contribution in [1.82, 2.24) is 19.3 Å². The largest absolute Gasteiger partial charge is 0.457 e. The number of nitrogens with one attached hydrogen (secondary N) is 2. The van der Waals surface area contributed by atoms with E-state index < -0.39 is 33.2 Å². The summed E-state index contributed by atoms with van der Waals surface area (Å²) >= 11 is 7.08. The number of ether oxygens (including phenoxy) is 1. The van der Waals surface area contributed by atoms with Crippen molar-refractivity contribution >= 4 is 49.1 Å². The van der Waals surface area contributed by atoms with Crippen LogP contribution in [0, 0.1) is 0 Å². The molecule has 11 nitrogen and oxygen atoms in total.